The Kier molecular flexibility index (Phi) is 4.89. The maximum atomic E-state index is 12.2. The standard InChI is InChI=1S/C14H19NO3/c1-10-7-5-6-8-12(10)13(16)15(3)9-11(2)14(17)18-4/h5-8,11H,9H2,1-4H3. The molecule has 1 unspecified atom stereocenters. The zero-order valence-electron chi connectivity index (χ0n) is 11.3. The second kappa shape index (κ2) is 6.19. The van der Waals surface area contributed by atoms with Crippen LogP contribution in [0.5, 0.6) is 0 Å². The molecule has 0 aliphatic heterocycles. The number of benzene rings is 1. The Morgan fingerprint density at radius 1 is 1.33 bits per heavy atom. The summed E-state index contributed by atoms with van der Waals surface area (Å²) in [6.07, 6.45) is 0. The number of methoxy groups -OCH3 is 1. The van der Waals surface area contributed by atoms with Crippen LogP contribution in [-0.2, 0) is 9.53 Å². The van der Waals surface area contributed by atoms with Gasteiger partial charge in [0.1, 0.15) is 0 Å². The van der Waals surface area contributed by atoms with E-state index in [1.54, 1.807) is 24.9 Å². The van der Waals surface area contributed by atoms with Gasteiger partial charge in [0.25, 0.3) is 5.91 Å². The number of hydrogen-bond donors (Lipinski definition) is 0. The van der Waals surface area contributed by atoms with Crippen molar-refractivity contribution in [2.45, 2.75) is 13.8 Å². The highest BCUT2D eigenvalue weighted by atomic mass is 16.5. The van der Waals surface area contributed by atoms with Crippen LogP contribution in [0, 0.1) is 12.8 Å². The molecule has 0 heterocycles. The van der Waals surface area contributed by atoms with E-state index in [4.69, 9.17) is 0 Å². The maximum Gasteiger partial charge on any atom is 0.310 e. The molecule has 1 aromatic rings. The SMILES string of the molecule is COC(=O)C(C)CN(C)C(=O)c1ccccc1C. The van der Waals surface area contributed by atoms with Gasteiger partial charge in [-0.1, -0.05) is 25.1 Å². The molecule has 4 nitrogen and oxygen atoms in total. The van der Waals surface area contributed by atoms with Crippen molar-refractivity contribution < 1.29 is 14.3 Å². The summed E-state index contributed by atoms with van der Waals surface area (Å²) in [5.41, 5.74) is 1.59. The predicted molar refractivity (Wildman–Crippen MR) is 69.3 cm³/mol. The van der Waals surface area contributed by atoms with Crippen molar-refractivity contribution in [3.8, 4) is 0 Å². The van der Waals surface area contributed by atoms with Crippen LogP contribution in [0.4, 0.5) is 0 Å². The summed E-state index contributed by atoms with van der Waals surface area (Å²) in [4.78, 5) is 25.0. The Bertz CT molecular complexity index is 442. The number of aryl methyl sites for hydroxylation is 1. The minimum atomic E-state index is -0.326. The lowest BCUT2D eigenvalue weighted by Gasteiger charge is -2.21. The van der Waals surface area contributed by atoms with E-state index >= 15 is 0 Å². The Morgan fingerprint density at radius 2 is 1.94 bits per heavy atom. The van der Waals surface area contributed by atoms with E-state index in [0.717, 1.165) is 5.56 Å². The van der Waals surface area contributed by atoms with E-state index in [1.165, 1.54) is 7.11 Å². The first-order valence-corrected chi connectivity index (χ1v) is 5.86. The van der Waals surface area contributed by atoms with Gasteiger partial charge < -0.3 is 9.64 Å². The fraction of sp³-hybridized carbons (Fsp3) is 0.429. The first-order valence-electron chi connectivity index (χ1n) is 5.86. The fourth-order valence-electron chi connectivity index (χ4n) is 1.79. The van der Waals surface area contributed by atoms with Gasteiger partial charge >= 0.3 is 5.97 Å². The minimum Gasteiger partial charge on any atom is -0.469 e. The Hall–Kier alpha value is -1.84. The molecule has 1 rings (SSSR count). The Morgan fingerprint density at radius 3 is 2.50 bits per heavy atom. The quantitative estimate of drug-likeness (QED) is 0.765. The lowest BCUT2D eigenvalue weighted by Crippen LogP contribution is -2.34. The zero-order chi connectivity index (χ0) is 13.7. The molecule has 0 aromatic heterocycles. The third kappa shape index (κ3) is 3.32. The van der Waals surface area contributed by atoms with E-state index in [1.807, 2.05) is 25.1 Å². The van der Waals surface area contributed by atoms with Crippen LogP contribution in [-0.4, -0.2) is 37.5 Å². The molecular weight excluding hydrogens is 230 g/mol. The van der Waals surface area contributed by atoms with Crippen LogP contribution in [0.15, 0.2) is 24.3 Å². The smallest absolute Gasteiger partial charge is 0.310 e. The average Bonchev–Trinajstić information content (AvgIpc) is 2.37. The van der Waals surface area contributed by atoms with E-state index in [9.17, 15) is 9.59 Å². The highest BCUT2D eigenvalue weighted by molar-refractivity contribution is 5.95. The average molecular weight is 249 g/mol. The molecule has 0 saturated carbocycles. The van der Waals surface area contributed by atoms with Gasteiger partial charge in [-0.05, 0) is 18.6 Å². The van der Waals surface area contributed by atoms with Crippen LogP contribution in [0.3, 0.4) is 0 Å². The van der Waals surface area contributed by atoms with Crippen molar-refractivity contribution in [2.75, 3.05) is 20.7 Å². The molecule has 0 fully saturated rings. The molecule has 0 spiro atoms. The van der Waals surface area contributed by atoms with E-state index in [2.05, 4.69) is 4.74 Å². The third-order valence-corrected chi connectivity index (χ3v) is 2.87. The molecule has 0 aliphatic rings. The van der Waals surface area contributed by atoms with Crippen molar-refractivity contribution in [1.29, 1.82) is 0 Å². The molecule has 0 bridgehead atoms. The molecule has 98 valence electrons. The number of nitrogens with zero attached hydrogens (tertiary/aromatic N) is 1. The van der Waals surface area contributed by atoms with Crippen LogP contribution in [0.25, 0.3) is 0 Å². The zero-order valence-corrected chi connectivity index (χ0v) is 11.3. The monoisotopic (exact) mass is 249 g/mol. The van der Waals surface area contributed by atoms with Crippen LogP contribution >= 0.6 is 0 Å². The lowest BCUT2D eigenvalue weighted by atomic mass is 10.1. The van der Waals surface area contributed by atoms with Gasteiger partial charge in [0, 0.05) is 19.2 Å². The first kappa shape index (κ1) is 14.2. The molecule has 1 atom stereocenters. The molecule has 0 aliphatic carbocycles. The van der Waals surface area contributed by atoms with E-state index in [0.29, 0.717) is 12.1 Å². The van der Waals surface area contributed by atoms with Crippen molar-refractivity contribution in [2.24, 2.45) is 5.92 Å². The normalized spacial score (nSPS) is 11.8. The van der Waals surface area contributed by atoms with E-state index < -0.39 is 0 Å². The van der Waals surface area contributed by atoms with Gasteiger partial charge in [-0.25, -0.2) is 0 Å². The van der Waals surface area contributed by atoms with Gasteiger partial charge in [0.15, 0.2) is 0 Å². The summed E-state index contributed by atoms with van der Waals surface area (Å²) in [5.74, 6) is -0.712. The van der Waals surface area contributed by atoms with Gasteiger partial charge in [0.05, 0.1) is 13.0 Å². The second-order valence-corrected chi connectivity index (χ2v) is 4.42. The number of esters is 1. The molecule has 0 saturated heterocycles. The number of hydrogen-bond acceptors (Lipinski definition) is 3. The Labute approximate surface area is 108 Å². The Balaban J connectivity index is 2.74. The fourth-order valence-corrected chi connectivity index (χ4v) is 1.79. The summed E-state index contributed by atoms with van der Waals surface area (Å²) in [6.45, 7) is 3.98. The second-order valence-electron chi connectivity index (χ2n) is 4.42. The summed E-state index contributed by atoms with van der Waals surface area (Å²) in [6, 6.07) is 7.41. The first-order chi connectivity index (χ1) is 8.47. The van der Waals surface area contributed by atoms with Gasteiger partial charge in [-0.2, -0.15) is 0 Å². The molecule has 0 N–H and O–H groups in total. The summed E-state index contributed by atoms with van der Waals surface area (Å²) in [5, 5.41) is 0. The molecule has 0 radical (unpaired) electrons. The van der Waals surface area contributed by atoms with Crippen LogP contribution in [0.1, 0.15) is 22.8 Å². The number of carbonyl (C=O) groups is 2. The molecule has 18 heavy (non-hydrogen) atoms. The van der Waals surface area contributed by atoms with Gasteiger partial charge in [0.2, 0.25) is 0 Å². The van der Waals surface area contributed by atoms with Crippen molar-refractivity contribution in [1.82, 2.24) is 4.90 Å². The number of amides is 1. The predicted octanol–water partition coefficient (Wildman–Crippen LogP) is 1.88. The van der Waals surface area contributed by atoms with Crippen LogP contribution in [0.2, 0.25) is 0 Å². The van der Waals surface area contributed by atoms with Gasteiger partial charge in [-0.15, -0.1) is 0 Å². The highest BCUT2D eigenvalue weighted by Crippen LogP contribution is 2.11. The third-order valence-electron chi connectivity index (χ3n) is 2.87. The van der Waals surface area contributed by atoms with Gasteiger partial charge in [-0.3, -0.25) is 9.59 Å². The van der Waals surface area contributed by atoms with Crippen molar-refractivity contribution >= 4 is 11.9 Å². The summed E-state index contributed by atoms with van der Waals surface area (Å²) in [7, 11) is 3.04. The number of carbonyl (C=O) groups excluding carboxylic acids is 2. The van der Waals surface area contributed by atoms with Crippen LogP contribution < -0.4 is 0 Å². The molecule has 1 amide bonds. The van der Waals surface area contributed by atoms with E-state index in [-0.39, 0.29) is 17.8 Å². The largest absolute Gasteiger partial charge is 0.469 e. The molecular formula is C14H19NO3. The van der Waals surface area contributed by atoms with Crippen molar-refractivity contribution in [3.05, 3.63) is 35.4 Å². The molecule has 1 aromatic carbocycles. The summed E-state index contributed by atoms with van der Waals surface area (Å²) < 4.78 is 4.65. The molecule has 4 heteroatoms. The topological polar surface area (TPSA) is 46.6 Å². The minimum absolute atomic E-state index is 0.0798. The summed E-state index contributed by atoms with van der Waals surface area (Å²) >= 11 is 0. The number of ether oxygens (including phenoxy) is 1. The number of rotatable bonds is 4. The maximum absolute atomic E-state index is 12.2. The van der Waals surface area contributed by atoms with Crippen molar-refractivity contribution in [3.63, 3.8) is 0 Å². The highest BCUT2D eigenvalue weighted by Gasteiger charge is 2.20. The lowest BCUT2D eigenvalue weighted by molar-refractivity contribution is -0.145.